The molecular formula is C6H12N2OS. The Morgan fingerprint density at radius 1 is 1.80 bits per heavy atom. The van der Waals surface area contributed by atoms with E-state index in [2.05, 4.69) is 17.5 Å². The molecule has 0 radical (unpaired) electrons. The van der Waals surface area contributed by atoms with Gasteiger partial charge in [-0.3, -0.25) is 0 Å². The van der Waals surface area contributed by atoms with Crippen LogP contribution in [0, 0.1) is 0 Å². The Kier molecular flexibility index (Phi) is 2.89. The Hall–Kier alpha value is -0.350. The molecule has 1 atom stereocenters. The highest BCUT2D eigenvalue weighted by Gasteiger charge is 2.14. The average Bonchev–Trinajstić information content (AvgIpc) is 2.34. The van der Waals surface area contributed by atoms with Crippen LogP contribution in [0.15, 0.2) is 0 Å². The predicted octanol–water partition coefficient (Wildman–Crippen LogP) is -0.00140. The van der Waals surface area contributed by atoms with Crippen LogP contribution in [0.1, 0.15) is 12.8 Å². The minimum absolute atomic E-state index is 0.321. The second kappa shape index (κ2) is 3.73. The number of nitrogens with two attached hydrogens (primary N) is 1. The highest BCUT2D eigenvalue weighted by molar-refractivity contribution is 7.80. The zero-order chi connectivity index (χ0) is 7.40. The Morgan fingerprint density at radius 3 is 3.10 bits per heavy atom. The van der Waals surface area contributed by atoms with Gasteiger partial charge in [0.05, 0.1) is 6.10 Å². The number of hydrogen-bond acceptors (Lipinski definition) is 2. The third kappa shape index (κ3) is 2.49. The summed E-state index contributed by atoms with van der Waals surface area (Å²) in [6, 6.07) is 0. The van der Waals surface area contributed by atoms with Crippen molar-refractivity contribution in [1.82, 2.24) is 5.32 Å². The minimum atomic E-state index is 0.321. The van der Waals surface area contributed by atoms with E-state index >= 15 is 0 Å². The molecule has 1 saturated heterocycles. The summed E-state index contributed by atoms with van der Waals surface area (Å²) in [5, 5.41) is 3.23. The minimum Gasteiger partial charge on any atom is -0.376 e. The molecule has 0 saturated carbocycles. The van der Waals surface area contributed by atoms with Crippen LogP contribution in [-0.2, 0) is 4.74 Å². The Balaban J connectivity index is 2.07. The van der Waals surface area contributed by atoms with Crippen molar-refractivity contribution in [3.05, 3.63) is 0 Å². The van der Waals surface area contributed by atoms with Crippen molar-refractivity contribution in [2.45, 2.75) is 18.9 Å². The first-order valence-corrected chi connectivity index (χ1v) is 3.85. The van der Waals surface area contributed by atoms with Gasteiger partial charge in [0, 0.05) is 13.2 Å². The fraction of sp³-hybridized carbons (Fsp3) is 0.833. The molecule has 1 aliphatic rings. The first-order valence-electron chi connectivity index (χ1n) is 3.44. The number of hydrogen-bond donors (Lipinski definition) is 2. The molecule has 3 nitrogen and oxygen atoms in total. The first-order chi connectivity index (χ1) is 4.79. The molecular weight excluding hydrogens is 150 g/mol. The number of rotatable bonds is 2. The van der Waals surface area contributed by atoms with Gasteiger partial charge in [-0.1, -0.05) is 0 Å². The number of thiocarbonyl (C=S) groups is 1. The van der Waals surface area contributed by atoms with Crippen molar-refractivity contribution in [1.29, 1.82) is 0 Å². The van der Waals surface area contributed by atoms with Gasteiger partial charge in [-0.2, -0.15) is 0 Å². The highest BCUT2D eigenvalue weighted by Crippen LogP contribution is 2.10. The molecule has 0 aliphatic carbocycles. The molecule has 0 aromatic carbocycles. The van der Waals surface area contributed by atoms with Gasteiger partial charge in [0.15, 0.2) is 5.11 Å². The molecule has 4 heteroatoms. The zero-order valence-corrected chi connectivity index (χ0v) is 6.62. The average molecular weight is 162 g/mol. The van der Waals surface area contributed by atoms with Crippen LogP contribution in [0.2, 0.25) is 0 Å². The molecule has 10 heavy (non-hydrogen) atoms. The maximum absolute atomic E-state index is 5.33. The second-order valence-corrected chi connectivity index (χ2v) is 2.82. The fourth-order valence-electron chi connectivity index (χ4n) is 1.02. The lowest BCUT2D eigenvalue weighted by molar-refractivity contribution is 0.114. The van der Waals surface area contributed by atoms with Crippen molar-refractivity contribution >= 4 is 17.3 Å². The Morgan fingerprint density at radius 2 is 2.60 bits per heavy atom. The summed E-state index contributed by atoms with van der Waals surface area (Å²) >= 11 is 4.64. The summed E-state index contributed by atoms with van der Waals surface area (Å²) in [6.45, 7) is 1.64. The molecule has 3 N–H and O–H groups in total. The van der Waals surface area contributed by atoms with Crippen molar-refractivity contribution in [2.24, 2.45) is 5.73 Å². The van der Waals surface area contributed by atoms with Gasteiger partial charge < -0.3 is 15.8 Å². The molecule has 1 aliphatic heterocycles. The quantitative estimate of drug-likeness (QED) is 0.561. The molecule has 0 amide bonds. The van der Waals surface area contributed by atoms with Crippen molar-refractivity contribution < 1.29 is 4.74 Å². The van der Waals surface area contributed by atoms with Crippen molar-refractivity contribution in [2.75, 3.05) is 13.2 Å². The van der Waals surface area contributed by atoms with Crippen LogP contribution in [0.3, 0.4) is 0 Å². The maximum Gasteiger partial charge on any atom is 0.163 e. The first kappa shape index (κ1) is 7.75. The van der Waals surface area contributed by atoms with E-state index in [1.54, 1.807) is 0 Å². The van der Waals surface area contributed by atoms with Gasteiger partial charge in [-0.15, -0.1) is 0 Å². The zero-order valence-electron chi connectivity index (χ0n) is 5.80. The summed E-state index contributed by atoms with van der Waals surface area (Å²) < 4.78 is 5.33. The third-order valence-corrected chi connectivity index (χ3v) is 1.67. The van der Waals surface area contributed by atoms with Crippen LogP contribution in [0.5, 0.6) is 0 Å². The molecule has 0 spiro atoms. The van der Waals surface area contributed by atoms with Gasteiger partial charge in [0.25, 0.3) is 0 Å². The summed E-state index contributed by atoms with van der Waals surface area (Å²) in [5.41, 5.74) is 5.24. The van der Waals surface area contributed by atoms with Crippen molar-refractivity contribution in [3.63, 3.8) is 0 Å². The third-order valence-electron chi connectivity index (χ3n) is 1.53. The normalized spacial score (nSPS) is 24.6. The Labute approximate surface area is 65.9 Å². The summed E-state index contributed by atoms with van der Waals surface area (Å²) in [6.07, 6.45) is 2.60. The van der Waals surface area contributed by atoms with E-state index in [9.17, 15) is 0 Å². The van der Waals surface area contributed by atoms with Crippen LogP contribution >= 0.6 is 12.2 Å². The lowest BCUT2D eigenvalue weighted by atomic mass is 10.2. The van der Waals surface area contributed by atoms with Crippen LogP contribution < -0.4 is 11.1 Å². The van der Waals surface area contributed by atoms with Gasteiger partial charge in [-0.05, 0) is 25.1 Å². The molecule has 0 aromatic heterocycles. The van der Waals surface area contributed by atoms with Crippen molar-refractivity contribution in [3.8, 4) is 0 Å². The van der Waals surface area contributed by atoms with E-state index in [0.29, 0.717) is 11.2 Å². The van der Waals surface area contributed by atoms with E-state index in [1.807, 2.05) is 0 Å². The molecule has 1 heterocycles. The summed E-state index contributed by atoms with van der Waals surface area (Å²) in [7, 11) is 0. The largest absolute Gasteiger partial charge is 0.376 e. The van der Waals surface area contributed by atoms with E-state index in [0.717, 1.165) is 26.0 Å². The maximum atomic E-state index is 5.33. The van der Waals surface area contributed by atoms with E-state index in [1.165, 1.54) is 0 Å². The molecule has 1 unspecified atom stereocenters. The van der Waals surface area contributed by atoms with Crippen LogP contribution in [0.4, 0.5) is 0 Å². The molecule has 1 rings (SSSR count). The molecule has 0 aromatic rings. The standard InChI is InChI=1S/C6H12N2OS/c7-6(10)8-4-5-2-1-3-9-5/h5H,1-4H2,(H3,7,8,10)/i6+2. The Bertz CT molecular complexity index is 123. The van der Waals surface area contributed by atoms with E-state index in [-0.39, 0.29) is 0 Å². The van der Waals surface area contributed by atoms with Gasteiger partial charge in [-0.25, -0.2) is 0 Å². The van der Waals surface area contributed by atoms with Gasteiger partial charge >= 0.3 is 0 Å². The van der Waals surface area contributed by atoms with Crippen LogP contribution in [-0.4, -0.2) is 24.4 Å². The molecule has 58 valence electrons. The van der Waals surface area contributed by atoms with Gasteiger partial charge in [0.2, 0.25) is 0 Å². The summed E-state index contributed by atoms with van der Waals surface area (Å²) in [4.78, 5) is 0. The SMILES string of the molecule is N[14C](=S)NCC1CCCO1. The van der Waals surface area contributed by atoms with Gasteiger partial charge in [0.1, 0.15) is 0 Å². The van der Waals surface area contributed by atoms with Crippen LogP contribution in [0.25, 0.3) is 0 Å². The van der Waals surface area contributed by atoms with E-state index < -0.39 is 0 Å². The fourth-order valence-corrected chi connectivity index (χ4v) is 1.10. The predicted molar refractivity (Wildman–Crippen MR) is 43.8 cm³/mol. The number of nitrogens with one attached hydrogen (secondary N) is 1. The second-order valence-electron chi connectivity index (χ2n) is 2.38. The topological polar surface area (TPSA) is 47.3 Å². The van der Waals surface area contributed by atoms with E-state index in [4.69, 9.17) is 10.5 Å². The summed E-state index contributed by atoms with van der Waals surface area (Å²) in [5.74, 6) is 0. The lowest BCUT2D eigenvalue weighted by Gasteiger charge is -2.09. The lowest BCUT2D eigenvalue weighted by Crippen LogP contribution is -2.35. The highest BCUT2D eigenvalue weighted by atomic mass is 32.1. The number of ether oxygens (including phenoxy) is 1. The smallest absolute Gasteiger partial charge is 0.163 e. The monoisotopic (exact) mass is 162 g/mol. The molecule has 0 bridgehead atoms. The molecule has 1 fully saturated rings.